The van der Waals surface area contributed by atoms with Crippen LogP contribution in [-0.2, 0) is 17.8 Å². The molecule has 0 atom stereocenters. The van der Waals surface area contributed by atoms with Gasteiger partial charge in [0.05, 0.1) is 6.54 Å². The molecule has 0 unspecified atom stereocenters. The third-order valence-electron chi connectivity index (χ3n) is 3.92. The highest BCUT2D eigenvalue weighted by Crippen LogP contribution is 2.19. The zero-order chi connectivity index (χ0) is 16.2. The standard InChI is InChI=1S/C16H28N4O2/c1-5-6-7-13-17-14(22-18-13)12-19-8-10-20(11-9-19)15(21)16(2,3)4/h5-12H2,1-4H3. The molecule has 1 amide bonds. The summed E-state index contributed by atoms with van der Waals surface area (Å²) in [6, 6.07) is 0. The predicted octanol–water partition coefficient (Wildman–Crippen LogP) is 2.10. The summed E-state index contributed by atoms with van der Waals surface area (Å²) in [4.78, 5) is 20.9. The Morgan fingerprint density at radius 1 is 1.23 bits per heavy atom. The fraction of sp³-hybridized carbons (Fsp3) is 0.812. The molecule has 6 nitrogen and oxygen atoms in total. The number of hydrogen-bond donors (Lipinski definition) is 0. The second-order valence-electron chi connectivity index (χ2n) is 7.03. The summed E-state index contributed by atoms with van der Waals surface area (Å²) in [7, 11) is 0. The number of aromatic nitrogens is 2. The van der Waals surface area contributed by atoms with Crippen molar-refractivity contribution >= 4 is 5.91 Å². The molecule has 0 spiro atoms. The van der Waals surface area contributed by atoms with Gasteiger partial charge in [-0.25, -0.2) is 0 Å². The summed E-state index contributed by atoms with van der Waals surface area (Å²) in [5, 5.41) is 4.02. The number of hydrogen-bond acceptors (Lipinski definition) is 5. The number of amides is 1. The number of unbranched alkanes of at least 4 members (excludes halogenated alkanes) is 1. The van der Waals surface area contributed by atoms with Crippen molar-refractivity contribution in [2.75, 3.05) is 26.2 Å². The molecule has 0 aromatic carbocycles. The lowest BCUT2D eigenvalue weighted by Gasteiger charge is -2.37. The van der Waals surface area contributed by atoms with Crippen molar-refractivity contribution in [1.29, 1.82) is 0 Å². The minimum absolute atomic E-state index is 0.229. The quantitative estimate of drug-likeness (QED) is 0.833. The average molecular weight is 308 g/mol. The summed E-state index contributed by atoms with van der Waals surface area (Å²) in [6.07, 6.45) is 3.11. The van der Waals surface area contributed by atoms with Gasteiger partial charge < -0.3 is 9.42 Å². The minimum atomic E-state index is -0.303. The number of rotatable bonds is 5. The van der Waals surface area contributed by atoms with E-state index in [0.717, 1.165) is 51.3 Å². The lowest BCUT2D eigenvalue weighted by Crippen LogP contribution is -2.51. The molecule has 1 aliphatic heterocycles. The van der Waals surface area contributed by atoms with Crippen LogP contribution in [0, 0.1) is 5.41 Å². The first-order chi connectivity index (χ1) is 10.4. The van der Waals surface area contributed by atoms with Gasteiger partial charge in [-0.2, -0.15) is 4.98 Å². The first-order valence-corrected chi connectivity index (χ1v) is 8.23. The van der Waals surface area contributed by atoms with Gasteiger partial charge in [-0.05, 0) is 6.42 Å². The molecule has 0 N–H and O–H groups in total. The largest absolute Gasteiger partial charge is 0.340 e. The summed E-state index contributed by atoms with van der Waals surface area (Å²) in [5.74, 6) is 1.71. The van der Waals surface area contributed by atoms with Crippen LogP contribution in [0.1, 0.15) is 52.3 Å². The Labute approximate surface area is 132 Å². The molecule has 2 rings (SSSR count). The van der Waals surface area contributed by atoms with Gasteiger partial charge in [0.1, 0.15) is 0 Å². The van der Waals surface area contributed by atoms with Gasteiger partial charge in [-0.1, -0.05) is 39.3 Å². The topological polar surface area (TPSA) is 62.5 Å². The zero-order valence-corrected chi connectivity index (χ0v) is 14.3. The Balaban J connectivity index is 1.80. The Morgan fingerprint density at radius 2 is 1.91 bits per heavy atom. The molecular weight excluding hydrogens is 280 g/mol. The second-order valence-corrected chi connectivity index (χ2v) is 7.03. The molecule has 124 valence electrons. The van der Waals surface area contributed by atoms with E-state index in [1.807, 2.05) is 25.7 Å². The van der Waals surface area contributed by atoms with E-state index >= 15 is 0 Å². The first-order valence-electron chi connectivity index (χ1n) is 8.23. The van der Waals surface area contributed by atoms with Crippen molar-refractivity contribution in [2.45, 2.75) is 53.5 Å². The maximum atomic E-state index is 12.3. The molecule has 6 heteroatoms. The van der Waals surface area contributed by atoms with Crippen molar-refractivity contribution in [2.24, 2.45) is 5.41 Å². The highest BCUT2D eigenvalue weighted by atomic mass is 16.5. The minimum Gasteiger partial charge on any atom is -0.340 e. The Kier molecular flexibility index (Phi) is 5.56. The molecule has 1 aromatic rings. The number of piperazine rings is 1. The van der Waals surface area contributed by atoms with Crippen molar-refractivity contribution in [3.63, 3.8) is 0 Å². The SMILES string of the molecule is CCCCc1noc(CN2CCN(C(=O)C(C)(C)C)CC2)n1. The van der Waals surface area contributed by atoms with Gasteiger partial charge >= 0.3 is 0 Å². The summed E-state index contributed by atoms with van der Waals surface area (Å²) < 4.78 is 5.31. The normalized spacial score (nSPS) is 17.0. The molecule has 2 heterocycles. The van der Waals surface area contributed by atoms with Crippen LogP contribution in [0.15, 0.2) is 4.52 Å². The highest BCUT2D eigenvalue weighted by molar-refractivity contribution is 5.81. The summed E-state index contributed by atoms with van der Waals surface area (Å²) in [5.41, 5.74) is -0.303. The maximum absolute atomic E-state index is 12.3. The third-order valence-corrected chi connectivity index (χ3v) is 3.92. The van der Waals surface area contributed by atoms with Crippen molar-refractivity contribution in [3.05, 3.63) is 11.7 Å². The smallest absolute Gasteiger partial charge is 0.240 e. The maximum Gasteiger partial charge on any atom is 0.240 e. The van der Waals surface area contributed by atoms with E-state index in [4.69, 9.17) is 4.52 Å². The van der Waals surface area contributed by atoms with Gasteiger partial charge in [0.25, 0.3) is 0 Å². The number of carbonyl (C=O) groups is 1. The third kappa shape index (κ3) is 4.53. The van der Waals surface area contributed by atoms with Crippen LogP contribution in [-0.4, -0.2) is 52.0 Å². The van der Waals surface area contributed by atoms with E-state index in [2.05, 4.69) is 22.0 Å². The van der Waals surface area contributed by atoms with Gasteiger partial charge in [-0.3, -0.25) is 9.69 Å². The van der Waals surface area contributed by atoms with E-state index < -0.39 is 0 Å². The molecule has 1 aromatic heterocycles. The van der Waals surface area contributed by atoms with Crippen molar-refractivity contribution in [1.82, 2.24) is 19.9 Å². The Hall–Kier alpha value is -1.43. The van der Waals surface area contributed by atoms with E-state index in [1.165, 1.54) is 0 Å². The number of aryl methyl sites for hydroxylation is 1. The lowest BCUT2D eigenvalue weighted by atomic mass is 9.94. The second kappa shape index (κ2) is 7.22. The molecule has 22 heavy (non-hydrogen) atoms. The Bertz CT molecular complexity index is 485. The fourth-order valence-electron chi connectivity index (χ4n) is 2.57. The molecule has 0 bridgehead atoms. The van der Waals surface area contributed by atoms with Gasteiger partial charge in [-0.15, -0.1) is 0 Å². The number of carbonyl (C=O) groups excluding carboxylic acids is 1. The highest BCUT2D eigenvalue weighted by Gasteiger charge is 2.29. The molecule has 1 saturated heterocycles. The average Bonchev–Trinajstić information content (AvgIpc) is 2.92. The molecule has 0 saturated carbocycles. The van der Waals surface area contributed by atoms with E-state index in [0.29, 0.717) is 12.4 Å². The molecule has 0 radical (unpaired) electrons. The van der Waals surface area contributed by atoms with Gasteiger partial charge in [0.15, 0.2) is 5.82 Å². The van der Waals surface area contributed by atoms with Crippen LogP contribution in [0.5, 0.6) is 0 Å². The Morgan fingerprint density at radius 3 is 2.50 bits per heavy atom. The van der Waals surface area contributed by atoms with Crippen LogP contribution in [0.2, 0.25) is 0 Å². The van der Waals surface area contributed by atoms with Gasteiger partial charge in [0, 0.05) is 38.0 Å². The van der Waals surface area contributed by atoms with Crippen LogP contribution in [0.4, 0.5) is 0 Å². The van der Waals surface area contributed by atoms with E-state index in [9.17, 15) is 4.79 Å². The van der Waals surface area contributed by atoms with Crippen molar-refractivity contribution in [3.8, 4) is 0 Å². The van der Waals surface area contributed by atoms with E-state index in [1.54, 1.807) is 0 Å². The first kappa shape index (κ1) is 16.9. The molecular formula is C16H28N4O2. The predicted molar refractivity (Wildman–Crippen MR) is 84.2 cm³/mol. The molecule has 0 aliphatic carbocycles. The monoisotopic (exact) mass is 308 g/mol. The van der Waals surface area contributed by atoms with Crippen molar-refractivity contribution < 1.29 is 9.32 Å². The van der Waals surface area contributed by atoms with Crippen LogP contribution in [0.25, 0.3) is 0 Å². The number of nitrogens with zero attached hydrogens (tertiary/aromatic N) is 4. The summed E-state index contributed by atoms with van der Waals surface area (Å²) >= 11 is 0. The van der Waals surface area contributed by atoms with E-state index in [-0.39, 0.29) is 11.3 Å². The van der Waals surface area contributed by atoms with Gasteiger partial charge in [0.2, 0.25) is 11.8 Å². The van der Waals surface area contributed by atoms with Crippen LogP contribution in [0.3, 0.4) is 0 Å². The summed E-state index contributed by atoms with van der Waals surface area (Å²) in [6.45, 7) is 12.0. The van der Waals surface area contributed by atoms with Crippen LogP contribution >= 0.6 is 0 Å². The zero-order valence-electron chi connectivity index (χ0n) is 14.3. The molecule has 1 fully saturated rings. The lowest BCUT2D eigenvalue weighted by molar-refractivity contribution is -0.141. The molecule has 1 aliphatic rings. The van der Waals surface area contributed by atoms with Crippen LogP contribution < -0.4 is 0 Å². The fourth-order valence-corrected chi connectivity index (χ4v) is 2.57.